The number of amides is 1. The van der Waals surface area contributed by atoms with Gasteiger partial charge in [-0.15, -0.1) is 0 Å². The van der Waals surface area contributed by atoms with E-state index in [2.05, 4.69) is 15.0 Å². The minimum absolute atomic E-state index is 0.0196. The first kappa shape index (κ1) is 17.6. The van der Waals surface area contributed by atoms with Crippen LogP contribution < -0.4 is 5.56 Å². The number of hydrogen-bond donors (Lipinski definition) is 1. The molecule has 25 heavy (non-hydrogen) atoms. The van der Waals surface area contributed by atoms with E-state index in [1.807, 2.05) is 6.92 Å². The second kappa shape index (κ2) is 7.32. The number of fused-ring (bicyclic) bond motifs is 1. The highest BCUT2D eigenvalue weighted by Gasteiger charge is 2.23. The molecular weight excluding hydrogens is 324 g/mol. The summed E-state index contributed by atoms with van der Waals surface area (Å²) in [6.07, 6.45) is 3.28. The van der Waals surface area contributed by atoms with Crippen LogP contribution in [0, 0.1) is 0 Å². The van der Waals surface area contributed by atoms with Gasteiger partial charge in [-0.2, -0.15) is 5.10 Å². The molecule has 0 aliphatic carbocycles. The molecule has 0 bridgehead atoms. The maximum Gasteiger partial charge on any atom is 0.264 e. The molecular formula is C16H24N6O3. The molecule has 3 rings (SSSR count). The van der Waals surface area contributed by atoms with Gasteiger partial charge in [0.25, 0.3) is 5.56 Å². The number of piperazine rings is 1. The molecule has 2 aromatic heterocycles. The highest BCUT2D eigenvalue weighted by Crippen LogP contribution is 2.06. The zero-order chi connectivity index (χ0) is 18.0. The Hall–Kier alpha value is -2.26. The van der Waals surface area contributed by atoms with Crippen LogP contribution in [-0.2, 0) is 18.4 Å². The maximum atomic E-state index is 12.5. The smallest absolute Gasteiger partial charge is 0.264 e. The second-order valence-electron chi connectivity index (χ2n) is 6.43. The first-order chi connectivity index (χ1) is 12.0. The van der Waals surface area contributed by atoms with Crippen LogP contribution in [0.3, 0.4) is 0 Å². The molecule has 0 spiro atoms. The van der Waals surface area contributed by atoms with Gasteiger partial charge in [0.15, 0.2) is 5.65 Å². The normalized spacial score (nSPS) is 17.2. The van der Waals surface area contributed by atoms with E-state index in [9.17, 15) is 14.7 Å². The minimum atomic E-state index is -0.321. The van der Waals surface area contributed by atoms with Gasteiger partial charge in [-0.25, -0.2) is 4.98 Å². The summed E-state index contributed by atoms with van der Waals surface area (Å²) in [7, 11) is 1.72. The fourth-order valence-electron chi connectivity index (χ4n) is 3.03. The minimum Gasteiger partial charge on any atom is -0.392 e. The zero-order valence-electron chi connectivity index (χ0n) is 14.6. The van der Waals surface area contributed by atoms with Crippen molar-refractivity contribution in [1.82, 2.24) is 29.1 Å². The van der Waals surface area contributed by atoms with Crippen LogP contribution in [-0.4, -0.2) is 79.0 Å². The lowest BCUT2D eigenvalue weighted by Crippen LogP contribution is -2.51. The summed E-state index contributed by atoms with van der Waals surface area (Å²) in [6, 6.07) is 0. The van der Waals surface area contributed by atoms with Crippen molar-refractivity contribution in [3.8, 4) is 0 Å². The molecule has 1 atom stereocenters. The number of β-amino-alcohol motifs (C(OH)–C–C–N with tert-alkyl or cyclic N) is 1. The summed E-state index contributed by atoms with van der Waals surface area (Å²) in [4.78, 5) is 33.1. The number of carbonyl (C=O) groups excluding carboxylic acids is 1. The average molecular weight is 348 g/mol. The third-order valence-electron chi connectivity index (χ3n) is 4.69. The van der Waals surface area contributed by atoms with E-state index < -0.39 is 0 Å². The van der Waals surface area contributed by atoms with Gasteiger partial charge in [0, 0.05) is 39.8 Å². The van der Waals surface area contributed by atoms with E-state index >= 15 is 0 Å². The monoisotopic (exact) mass is 348 g/mol. The standard InChI is InChI=1S/C16H24N6O3/c1-3-12(23)9-20-4-6-21(7-5-20)14(24)10-22-11-17-15-13(16(22)25)8-18-19(15)2/h8,11-12,23H,3-7,9-10H2,1-2H3/t12-/m0/s1. The van der Waals surface area contributed by atoms with Crippen LogP contribution in [0.1, 0.15) is 13.3 Å². The molecule has 1 fully saturated rings. The molecule has 0 unspecified atom stereocenters. The van der Waals surface area contributed by atoms with E-state index in [1.165, 1.54) is 21.8 Å². The highest BCUT2D eigenvalue weighted by atomic mass is 16.3. The van der Waals surface area contributed by atoms with Crippen LogP contribution in [0.25, 0.3) is 11.0 Å². The van der Waals surface area contributed by atoms with Crippen molar-refractivity contribution in [1.29, 1.82) is 0 Å². The number of carbonyl (C=O) groups is 1. The molecule has 0 saturated carbocycles. The molecule has 1 saturated heterocycles. The molecule has 9 heteroatoms. The Bertz CT molecular complexity index is 806. The van der Waals surface area contributed by atoms with Crippen molar-refractivity contribution in [2.24, 2.45) is 7.05 Å². The number of hydrogen-bond acceptors (Lipinski definition) is 6. The highest BCUT2D eigenvalue weighted by molar-refractivity contribution is 5.77. The molecule has 9 nitrogen and oxygen atoms in total. The second-order valence-corrected chi connectivity index (χ2v) is 6.43. The maximum absolute atomic E-state index is 12.5. The fourth-order valence-corrected chi connectivity index (χ4v) is 3.03. The summed E-state index contributed by atoms with van der Waals surface area (Å²) in [5, 5.41) is 14.2. The van der Waals surface area contributed by atoms with Crippen molar-refractivity contribution in [3.05, 3.63) is 22.9 Å². The Labute approximate surface area is 145 Å². The van der Waals surface area contributed by atoms with Gasteiger partial charge >= 0.3 is 0 Å². The quantitative estimate of drug-likeness (QED) is 0.748. The van der Waals surface area contributed by atoms with E-state index in [0.717, 1.165) is 19.5 Å². The zero-order valence-corrected chi connectivity index (χ0v) is 14.6. The van der Waals surface area contributed by atoms with Gasteiger partial charge in [-0.1, -0.05) is 6.92 Å². The molecule has 0 aromatic carbocycles. The average Bonchev–Trinajstić information content (AvgIpc) is 2.99. The summed E-state index contributed by atoms with van der Waals surface area (Å²) >= 11 is 0. The number of aliphatic hydroxyl groups excluding tert-OH is 1. The lowest BCUT2D eigenvalue weighted by atomic mass is 10.2. The van der Waals surface area contributed by atoms with Crippen LogP contribution >= 0.6 is 0 Å². The topological polar surface area (TPSA) is 96.5 Å². The van der Waals surface area contributed by atoms with Crippen LogP contribution in [0.2, 0.25) is 0 Å². The van der Waals surface area contributed by atoms with Crippen molar-refractivity contribution < 1.29 is 9.90 Å². The molecule has 1 amide bonds. The number of nitrogens with zero attached hydrogens (tertiary/aromatic N) is 6. The van der Waals surface area contributed by atoms with Gasteiger partial charge in [0.2, 0.25) is 5.91 Å². The lowest BCUT2D eigenvalue weighted by molar-refractivity contribution is -0.133. The molecule has 2 aromatic rings. The number of aromatic nitrogens is 4. The third kappa shape index (κ3) is 3.72. The first-order valence-electron chi connectivity index (χ1n) is 8.55. The number of rotatable bonds is 5. The molecule has 136 valence electrons. The summed E-state index contributed by atoms with van der Waals surface area (Å²) in [5.41, 5.74) is 0.257. The van der Waals surface area contributed by atoms with Gasteiger partial charge in [-0.05, 0) is 6.42 Å². The molecule has 1 aliphatic rings. The van der Waals surface area contributed by atoms with Crippen molar-refractivity contribution >= 4 is 16.9 Å². The predicted molar refractivity (Wildman–Crippen MR) is 92.1 cm³/mol. The third-order valence-corrected chi connectivity index (χ3v) is 4.69. The molecule has 1 N–H and O–H groups in total. The fraction of sp³-hybridized carbons (Fsp3) is 0.625. The van der Waals surface area contributed by atoms with E-state index in [4.69, 9.17) is 0 Å². The Balaban J connectivity index is 1.62. The first-order valence-corrected chi connectivity index (χ1v) is 8.55. The molecule has 0 radical (unpaired) electrons. The Kier molecular flexibility index (Phi) is 5.14. The van der Waals surface area contributed by atoms with Crippen LogP contribution in [0.5, 0.6) is 0 Å². The lowest BCUT2D eigenvalue weighted by Gasteiger charge is -2.35. The number of aliphatic hydroxyl groups is 1. The predicted octanol–water partition coefficient (Wildman–Crippen LogP) is -0.955. The van der Waals surface area contributed by atoms with Crippen molar-refractivity contribution in [2.45, 2.75) is 26.0 Å². The van der Waals surface area contributed by atoms with E-state index in [0.29, 0.717) is 30.7 Å². The molecule has 1 aliphatic heterocycles. The van der Waals surface area contributed by atoms with Crippen molar-refractivity contribution in [3.63, 3.8) is 0 Å². The summed E-state index contributed by atoms with van der Waals surface area (Å²) < 4.78 is 2.87. The van der Waals surface area contributed by atoms with Gasteiger partial charge < -0.3 is 10.0 Å². The molecule has 3 heterocycles. The van der Waals surface area contributed by atoms with E-state index in [-0.39, 0.29) is 24.1 Å². The SMILES string of the molecule is CC[C@H](O)CN1CCN(C(=O)Cn2cnc3c(cnn3C)c2=O)CC1. The van der Waals surface area contributed by atoms with Gasteiger partial charge in [0.05, 0.1) is 12.3 Å². The van der Waals surface area contributed by atoms with Crippen LogP contribution in [0.4, 0.5) is 0 Å². The Morgan fingerprint density at radius 2 is 2.04 bits per heavy atom. The van der Waals surface area contributed by atoms with Gasteiger partial charge in [0.1, 0.15) is 18.3 Å². The summed E-state index contributed by atoms with van der Waals surface area (Å²) in [6.45, 7) is 5.25. The van der Waals surface area contributed by atoms with Crippen molar-refractivity contribution in [2.75, 3.05) is 32.7 Å². The van der Waals surface area contributed by atoms with E-state index in [1.54, 1.807) is 11.9 Å². The van der Waals surface area contributed by atoms with Crippen LogP contribution in [0.15, 0.2) is 17.3 Å². The Morgan fingerprint density at radius 3 is 2.72 bits per heavy atom. The van der Waals surface area contributed by atoms with Gasteiger partial charge in [-0.3, -0.25) is 23.7 Å². The summed E-state index contributed by atoms with van der Waals surface area (Å²) in [5.74, 6) is -0.0946. The number of aryl methyl sites for hydroxylation is 1. The Morgan fingerprint density at radius 1 is 1.32 bits per heavy atom. The largest absolute Gasteiger partial charge is 0.392 e.